The Balaban J connectivity index is 3.44. The summed E-state index contributed by atoms with van der Waals surface area (Å²) in [6.07, 6.45) is 1.50. The molecule has 1 N–H and O–H groups in total. The van der Waals surface area contributed by atoms with Crippen molar-refractivity contribution in [2.24, 2.45) is 5.41 Å². The highest BCUT2D eigenvalue weighted by Crippen LogP contribution is 2.19. The molecule has 0 aliphatic carbocycles. The first-order valence-electron chi connectivity index (χ1n) is 4.28. The van der Waals surface area contributed by atoms with E-state index in [0.29, 0.717) is 6.61 Å². The second-order valence-electron chi connectivity index (χ2n) is 3.94. The molecule has 0 rings (SSSR count). The Morgan fingerprint density at radius 1 is 1.36 bits per heavy atom. The summed E-state index contributed by atoms with van der Waals surface area (Å²) in [6, 6.07) is 0. The van der Waals surface area contributed by atoms with Crippen LogP contribution in [0.5, 0.6) is 0 Å². The first-order chi connectivity index (χ1) is 4.98. The van der Waals surface area contributed by atoms with Gasteiger partial charge in [0.15, 0.2) is 6.29 Å². The van der Waals surface area contributed by atoms with E-state index < -0.39 is 6.29 Å². The topological polar surface area (TPSA) is 29.5 Å². The van der Waals surface area contributed by atoms with E-state index in [0.717, 1.165) is 12.8 Å². The van der Waals surface area contributed by atoms with E-state index in [-0.39, 0.29) is 5.41 Å². The van der Waals surface area contributed by atoms with Crippen molar-refractivity contribution in [3.05, 3.63) is 0 Å². The minimum atomic E-state index is -0.631. The predicted molar refractivity (Wildman–Crippen MR) is 46.3 cm³/mol. The maximum Gasteiger partial charge on any atom is 0.159 e. The van der Waals surface area contributed by atoms with Crippen molar-refractivity contribution in [2.45, 2.75) is 46.8 Å². The molecule has 0 aromatic rings. The summed E-state index contributed by atoms with van der Waals surface area (Å²) in [4.78, 5) is 0. The molecule has 1 atom stereocenters. The van der Waals surface area contributed by atoms with Crippen LogP contribution in [0, 0.1) is 5.41 Å². The van der Waals surface area contributed by atoms with Gasteiger partial charge in [-0.05, 0) is 6.42 Å². The lowest BCUT2D eigenvalue weighted by Gasteiger charge is -2.25. The minimum absolute atomic E-state index is 0.159. The molecule has 0 saturated carbocycles. The molecule has 0 aromatic carbocycles. The number of hydrogen-bond acceptors (Lipinski definition) is 2. The number of aliphatic hydroxyl groups excluding tert-OH is 1. The highest BCUT2D eigenvalue weighted by atomic mass is 16.6. The number of hydrogen-bond donors (Lipinski definition) is 1. The monoisotopic (exact) mass is 160 g/mol. The summed E-state index contributed by atoms with van der Waals surface area (Å²) < 4.78 is 5.20. The number of unbranched alkanes of at least 4 members (excludes halogenated alkanes) is 1. The normalized spacial score (nSPS) is 15.0. The van der Waals surface area contributed by atoms with Crippen LogP contribution >= 0.6 is 0 Å². The van der Waals surface area contributed by atoms with Gasteiger partial charge in [-0.15, -0.1) is 0 Å². The Kier molecular flexibility index (Phi) is 4.69. The zero-order chi connectivity index (χ0) is 8.91. The summed E-state index contributed by atoms with van der Waals surface area (Å²) in [5.74, 6) is 0. The molecular formula is C9H20O2. The number of rotatable bonds is 4. The highest BCUT2D eigenvalue weighted by Gasteiger charge is 2.21. The fraction of sp³-hybridized carbons (Fsp3) is 1.00. The fourth-order valence-corrected chi connectivity index (χ4v) is 0.589. The van der Waals surface area contributed by atoms with Crippen LogP contribution in [0.3, 0.4) is 0 Å². The summed E-state index contributed by atoms with van der Waals surface area (Å²) >= 11 is 0. The highest BCUT2D eigenvalue weighted by molar-refractivity contribution is 4.63. The van der Waals surface area contributed by atoms with Crippen molar-refractivity contribution < 1.29 is 9.84 Å². The van der Waals surface area contributed by atoms with Crippen LogP contribution in [0.4, 0.5) is 0 Å². The lowest BCUT2D eigenvalue weighted by Crippen LogP contribution is -2.29. The number of aliphatic hydroxyl groups is 1. The van der Waals surface area contributed by atoms with Crippen molar-refractivity contribution in [1.29, 1.82) is 0 Å². The van der Waals surface area contributed by atoms with Gasteiger partial charge >= 0.3 is 0 Å². The molecule has 0 radical (unpaired) electrons. The lowest BCUT2D eigenvalue weighted by molar-refractivity contribution is -0.159. The van der Waals surface area contributed by atoms with Crippen molar-refractivity contribution in [3.63, 3.8) is 0 Å². The summed E-state index contributed by atoms with van der Waals surface area (Å²) in [7, 11) is 0. The smallest absolute Gasteiger partial charge is 0.159 e. The Hall–Kier alpha value is -0.0800. The molecule has 0 aliphatic rings. The van der Waals surface area contributed by atoms with Crippen molar-refractivity contribution >= 4 is 0 Å². The van der Waals surface area contributed by atoms with Crippen molar-refractivity contribution in [2.75, 3.05) is 6.61 Å². The minimum Gasteiger partial charge on any atom is -0.368 e. The number of ether oxygens (including phenoxy) is 1. The Morgan fingerprint density at radius 3 is 2.27 bits per heavy atom. The van der Waals surface area contributed by atoms with Crippen LogP contribution in [-0.2, 0) is 4.74 Å². The molecule has 0 aliphatic heterocycles. The zero-order valence-corrected chi connectivity index (χ0v) is 8.05. The molecule has 0 bridgehead atoms. The second-order valence-corrected chi connectivity index (χ2v) is 3.94. The van der Waals surface area contributed by atoms with Crippen LogP contribution in [0.15, 0.2) is 0 Å². The molecule has 1 unspecified atom stereocenters. The van der Waals surface area contributed by atoms with E-state index in [4.69, 9.17) is 4.74 Å². The third-order valence-electron chi connectivity index (χ3n) is 1.51. The van der Waals surface area contributed by atoms with Crippen LogP contribution in [0.2, 0.25) is 0 Å². The van der Waals surface area contributed by atoms with E-state index in [9.17, 15) is 5.11 Å². The molecule has 0 heterocycles. The average molecular weight is 160 g/mol. The zero-order valence-electron chi connectivity index (χ0n) is 8.05. The maximum absolute atomic E-state index is 9.39. The van der Waals surface area contributed by atoms with Gasteiger partial charge in [-0.3, -0.25) is 0 Å². The first-order valence-corrected chi connectivity index (χ1v) is 4.28. The third kappa shape index (κ3) is 5.22. The molecule has 2 heteroatoms. The average Bonchev–Trinajstić information content (AvgIpc) is 1.86. The largest absolute Gasteiger partial charge is 0.368 e. The summed E-state index contributed by atoms with van der Waals surface area (Å²) in [5.41, 5.74) is -0.159. The Labute approximate surface area is 69.6 Å². The van der Waals surface area contributed by atoms with Crippen LogP contribution in [0.1, 0.15) is 40.5 Å². The lowest BCUT2D eigenvalue weighted by atomic mass is 9.96. The fourth-order valence-electron chi connectivity index (χ4n) is 0.589. The summed E-state index contributed by atoms with van der Waals surface area (Å²) in [5, 5.41) is 9.39. The van der Waals surface area contributed by atoms with Gasteiger partial charge in [-0.25, -0.2) is 0 Å². The van der Waals surface area contributed by atoms with Gasteiger partial charge < -0.3 is 9.84 Å². The molecule has 0 amide bonds. The molecule has 11 heavy (non-hydrogen) atoms. The van der Waals surface area contributed by atoms with E-state index in [1.165, 1.54) is 0 Å². The van der Waals surface area contributed by atoms with Crippen molar-refractivity contribution in [3.8, 4) is 0 Å². The predicted octanol–water partition coefficient (Wildman–Crippen LogP) is 2.17. The van der Waals surface area contributed by atoms with Gasteiger partial charge in [0.25, 0.3) is 0 Å². The molecule has 0 spiro atoms. The Bertz CT molecular complexity index is 94.2. The maximum atomic E-state index is 9.39. The first kappa shape index (κ1) is 10.9. The summed E-state index contributed by atoms with van der Waals surface area (Å²) in [6.45, 7) is 8.65. The van der Waals surface area contributed by atoms with E-state index in [1.807, 2.05) is 20.8 Å². The quantitative estimate of drug-likeness (QED) is 0.504. The molecule has 68 valence electrons. The van der Waals surface area contributed by atoms with Gasteiger partial charge in [0.1, 0.15) is 0 Å². The van der Waals surface area contributed by atoms with E-state index in [2.05, 4.69) is 6.92 Å². The molecular weight excluding hydrogens is 140 g/mol. The van der Waals surface area contributed by atoms with Crippen LogP contribution in [0.25, 0.3) is 0 Å². The van der Waals surface area contributed by atoms with Crippen molar-refractivity contribution in [1.82, 2.24) is 0 Å². The Morgan fingerprint density at radius 2 is 1.91 bits per heavy atom. The van der Waals surface area contributed by atoms with E-state index in [1.54, 1.807) is 0 Å². The third-order valence-corrected chi connectivity index (χ3v) is 1.51. The van der Waals surface area contributed by atoms with Gasteiger partial charge in [0.05, 0.1) is 0 Å². The standard InChI is InChI=1S/C9H20O2/c1-5-6-7-11-8(10)9(2,3)4/h8,10H,5-7H2,1-4H3. The SMILES string of the molecule is CCCCOC(O)C(C)(C)C. The molecule has 0 aromatic heterocycles. The molecule has 0 saturated heterocycles. The van der Waals surface area contributed by atoms with Crippen LogP contribution < -0.4 is 0 Å². The van der Waals surface area contributed by atoms with Gasteiger partial charge in [-0.1, -0.05) is 34.1 Å². The van der Waals surface area contributed by atoms with Crippen LogP contribution in [-0.4, -0.2) is 18.0 Å². The van der Waals surface area contributed by atoms with Gasteiger partial charge in [-0.2, -0.15) is 0 Å². The van der Waals surface area contributed by atoms with E-state index >= 15 is 0 Å². The molecule has 2 nitrogen and oxygen atoms in total. The second kappa shape index (κ2) is 4.73. The van der Waals surface area contributed by atoms with Gasteiger partial charge in [0.2, 0.25) is 0 Å². The molecule has 0 fully saturated rings. The van der Waals surface area contributed by atoms with Gasteiger partial charge in [0, 0.05) is 12.0 Å².